The third kappa shape index (κ3) is 6.20. The highest BCUT2D eigenvalue weighted by molar-refractivity contribution is 7.80. The maximum atomic E-state index is 12.0. The van der Waals surface area contributed by atoms with Crippen LogP contribution in [0, 0.1) is 0 Å². The molecule has 4 nitrogen and oxygen atoms in total. The summed E-state index contributed by atoms with van der Waals surface area (Å²) in [5.74, 6) is 0.656. The molecule has 0 radical (unpaired) electrons. The van der Waals surface area contributed by atoms with Crippen LogP contribution in [0.2, 0.25) is 0 Å². The van der Waals surface area contributed by atoms with Crippen molar-refractivity contribution >= 4 is 23.1 Å². The van der Waals surface area contributed by atoms with Gasteiger partial charge in [-0.1, -0.05) is 37.3 Å². The topological polar surface area (TPSA) is 55.6 Å². The lowest BCUT2D eigenvalue weighted by atomic mass is 10.3. The molecular weight excluding hydrogens is 260 g/mol. The van der Waals surface area contributed by atoms with Crippen molar-refractivity contribution in [3.8, 4) is 5.75 Å². The lowest BCUT2D eigenvalue weighted by Gasteiger charge is -2.22. The minimum Gasteiger partial charge on any atom is -0.484 e. The van der Waals surface area contributed by atoms with E-state index in [0.29, 0.717) is 30.2 Å². The van der Waals surface area contributed by atoms with Gasteiger partial charge in [0.05, 0.1) is 4.99 Å². The molecule has 0 unspecified atom stereocenters. The Morgan fingerprint density at radius 1 is 1.32 bits per heavy atom. The van der Waals surface area contributed by atoms with E-state index in [1.165, 1.54) is 0 Å². The van der Waals surface area contributed by atoms with Crippen LogP contribution in [0.4, 0.5) is 0 Å². The predicted molar refractivity (Wildman–Crippen MR) is 80.2 cm³/mol. The van der Waals surface area contributed by atoms with E-state index in [1.807, 2.05) is 37.3 Å². The minimum atomic E-state index is -0.0399. The molecule has 0 heterocycles. The highest BCUT2D eigenvalue weighted by Gasteiger charge is 2.13. The van der Waals surface area contributed by atoms with Crippen LogP contribution in [0.3, 0.4) is 0 Å². The van der Waals surface area contributed by atoms with Crippen LogP contribution in [0.25, 0.3) is 0 Å². The molecule has 1 rings (SSSR count). The third-order valence-electron chi connectivity index (χ3n) is 2.58. The standard InChI is InChI=1S/C14H20N2O2S/c1-2-9-16(10-8-13(15)19)14(17)11-18-12-6-4-3-5-7-12/h3-7H,2,8-11H2,1H3,(H2,15,19). The molecule has 1 aromatic rings. The maximum absolute atomic E-state index is 12.0. The largest absolute Gasteiger partial charge is 0.484 e. The number of carbonyl (C=O) groups is 1. The first-order valence-electron chi connectivity index (χ1n) is 6.37. The fourth-order valence-corrected chi connectivity index (χ4v) is 1.72. The van der Waals surface area contributed by atoms with Gasteiger partial charge >= 0.3 is 0 Å². The number of nitrogens with two attached hydrogens (primary N) is 1. The summed E-state index contributed by atoms with van der Waals surface area (Å²) in [4.78, 5) is 14.2. The molecule has 1 amide bonds. The van der Waals surface area contributed by atoms with Crippen molar-refractivity contribution < 1.29 is 9.53 Å². The van der Waals surface area contributed by atoms with Crippen molar-refractivity contribution in [1.29, 1.82) is 0 Å². The zero-order valence-electron chi connectivity index (χ0n) is 11.2. The van der Waals surface area contributed by atoms with E-state index in [0.717, 1.165) is 6.42 Å². The van der Waals surface area contributed by atoms with Gasteiger partial charge in [-0.05, 0) is 18.6 Å². The van der Waals surface area contributed by atoms with Gasteiger partial charge in [-0.25, -0.2) is 0 Å². The van der Waals surface area contributed by atoms with Crippen molar-refractivity contribution in [2.24, 2.45) is 5.73 Å². The third-order valence-corrected chi connectivity index (χ3v) is 2.78. The number of nitrogens with zero attached hydrogens (tertiary/aromatic N) is 1. The van der Waals surface area contributed by atoms with Crippen molar-refractivity contribution in [1.82, 2.24) is 4.90 Å². The number of amides is 1. The summed E-state index contributed by atoms with van der Waals surface area (Å²) in [5.41, 5.74) is 5.46. The number of hydrogen-bond acceptors (Lipinski definition) is 3. The normalized spacial score (nSPS) is 9.95. The highest BCUT2D eigenvalue weighted by atomic mass is 32.1. The van der Waals surface area contributed by atoms with Gasteiger partial charge in [0.15, 0.2) is 6.61 Å². The molecule has 1 aromatic carbocycles. The van der Waals surface area contributed by atoms with Gasteiger partial charge in [-0.15, -0.1) is 0 Å². The van der Waals surface area contributed by atoms with Gasteiger partial charge < -0.3 is 15.4 Å². The second-order valence-corrected chi connectivity index (χ2v) is 4.72. The number of carbonyl (C=O) groups excluding carboxylic acids is 1. The first-order chi connectivity index (χ1) is 9.13. The van der Waals surface area contributed by atoms with Crippen molar-refractivity contribution in [3.63, 3.8) is 0 Å². The van der Waals surface area contributed by atoms with Crippen LogP contribution in [-0.2, 0) is 4.79 Å². The molecule has 0 spiro atoms. The summed E-state index contributed by atoms with van der Waals surface area (Å²) in [6.07, 6.45) is 1.45. The Bertz CT molecular complexity index is 409. The van der Waals surface area contributed by atoms with E-state index in [2.05, 4.69) is 0 Å². The second kappa shape index (κ2) is 8.48. The molecule has 19 heavy (non-hydrogen) atoms. The van der Waals surface area contributed by atoms with Crippen LogP contribution < -0.4 is 10.5 Å². The van der Waals surface area contributed by atoms with Crippen LogP contribution in [0.1, 0.15) is 19.8 Å². The SMILES string of the molecule is CCCN(CCC(N)=S)C(=O)COc1ccccc1. The van der Waals surface area contributed by atoms with Crippen LogP contribution in [-0.4, -0.2) is 35.5 Å². The Morgan fingerprint density at radius 3 is 2.58 bits per heavy atom. The lowest BCUT2D eigenvalue weighted by molar-refractivity contribution is -0.133. The summed E-state index contributed by atoms with van der Waals surface area (Å²) in [7, 11) is 0. The zero-order chi connectivity index (χ0) is 14.1. The van der Waals surface area contributed by atoms with Gasteiger partial charge in [0.25, 0.3) is 5.91 Å². The second-order valence-electron chi connectivity index (χ2n) is 4.20. The van der Waals surface area contributed by atoms with E-state index in [-0.39, 0.29) is 12.5 Å². The molecule has 0 aliphatic carbocycles. The number of benzene rings is 1. The highest BCUT2D eigenvalue weighted by Crippen LogP contribution is 2.08. The summed E-state index contributed by atoms with van der Waals surface area (Å²) in [5, 5.41) is 0. The molecule has 0 saturated heterocycles. The lowest BCUT2D eigenvalue weighted by Crippen LogP contribution is -2.37. The Labute approximate surface area is 119 Å². The number of hydrogen-bond donors (Lipinski definition) is 1. The first-order valence-corrected chi connectivity index (χ1v) is 6.78. The molecule has 0 fully saturated rings. The van der Waals surface area contributed by atoms with Gasteiger partial charge in [0, 0.05) is 19.5 Å². The molecule has 0 aliphatic heterocycles. The molecule has 0 atom stereocenters. The molecule has 104 valence electrons. The Morgan fingerprint density at radius 2 is 2.00 bits per heavy atom. The quantitative estimate of drug-likeness (QED) is 0.740. The molecule has 0 saturated carbocycles. The van der Waals surface area contributed by atoms with E-state index in [1.54, 1.807) is 4.90 Å². The van der Waals surface area contributed by atoms with Gasteiger partial charge in [-0.3, -0.25) is 4.79 Å². The molecule has 0 aromatic heterocycles. The smallest absolute Gasteiger partial charge is 0.260 e. The van der Waals surface area contributed by atoms with Crippen LogP contribution >= 0.6 is 12.2 Å². The Balaban J connectivity index is 2.45. The average molecular weight is 280 g/mol. The molecule has 0 aliphatic rings. The van der Waals surface area contributed by atoms with Crippen LogP contribution in [0.5, 0.6) is 5.75 Å². The molecule has 2 N–H and O–H groups in total. The first kappa shape index (κ1) is 15.4. The maximum Gasteiger partial charge on any atom is 0.260 e. The Kier molecular flexibility index (Phi) is 6.89. The van der Waals surface area contributed by atoms with E-state index in [4.69, 9.17) is 22.7 Å². The fraction of sp³-hybridized carbons (Fsp3) is 0.429. The van der Waals surface area contributed by atoms with E-state index < -0.39 is 0 Å². The van der Waals surface area contributed by atoms with Crippen molar-refractivity contribution in [3.05, 3.63) is 30.3 Å². The predicted octanol–water partition coefficient (Wildman–Crippen LogP) is 1.98. The monoisotopic (exact) mass is 280 g/mol. The summed E-state index contributed by atoms with van der Waals surface area (Å²) >= 11 is 4.83. The number of ether oxygens (including phenoxy) is 1. The molecular formula is C14H20N2O2S. The van der Waals surface area contributed by atoms with Crippen molar-refractivity contribution in [2.45, 2.75) is 19.8 Å². The van der Waals surface area contributed by atoms with Gasteiger partial charge in [0.1, 0.15) is 5.75 Å². The van der Waals surface area contributed by atoms with Gasteiger partial charge in [-0.2, -0.15) is 0 Å². The molecule has 5 heteroatoms. The molecule has 0 bridgehead atoms. The zero-order valence-corrected chi connectivity index (χ0v) is 12.0. The van der Waals surface area contributed by atoms with Crippen LogP contribution in [0.15, 0.2) is 30.3 Å². The van der Waals surface area contributed by atoms with E-state index in [9.17, 15) is 4.79 Å². The Hall–Kier alpha value is -1.62. The number of para-hydroxylation sites is 1. The van der Waals surface area contributed by atoms with Crippen molar-refractivity contribution in [2.75, 3.05) is 19.7 Å². The number of thiocarbonyl (C=S) groups is 1. The summed E-state index contributed by atoms with van der Waals surface area (Å²) < 4.78 is 5.45. The summed E-state index contributed by atoms with van der Waals surface area (Å²) in [6, 6.07) is 9.30. The average Bonchev–Trinajstić information content (AvgIpc) is 2.41. The number of rotatable bonds is 8. The van der Waals surface area contributed by atoms with Gasteiger partial charge in [0.2, 0.25) is 0 Å². The summed E-state index contributed by atoms with van der Waals surface area (Å²) in [6.45, 7) is 3.32. The minimum absolute atomic E-state index is 0.0399. The van der Waals surface area contributed by atoms with E-state index >= 15 is 0 Å². The fourth-order valence-electron chi connectivity index (χ4n) is 1.63.